The molecule has 0 atom stereocenters. The van der Waals surface area contributed by atoms with Crippen LogP contribution in [0.2, 0.25) is 0 Å². The van der Waals surface area contributed by atoms with E-state index in [9.17, 15) is 19.2 Å². The molecule has 0 bridgehead atoms. The minimum absolute atomic E-state index is 0.139. The molecule has 31 heavy (non-hydrogen) atoms. The fourth-order valence-corrected chi connectivity index (χ4v) is 4.03. The van der Waals surface area contributed by atoms with Gasteiger partial charge in [-0.15, -0.1) is 0 Å². The Morgan fingerprint density at radius 3 is 2.26 bits per heavy atom. The molecule has 2 heterocycles. The van der Waals surface area contributed by atoms with Gasteiger partial charge in [0.1, 0.15) is 5.75 Å². The molecule has 2 aliphatic rings. The summed E-state index contributed by atoms with van der Waals surface area (Å²) in [6.07, 6.45) is 1.05. The van der Waals surface area contributed by atoms with E-state index in [1.165, 1.54) is 17.0 Å². The van der Waals surface area contributed by atoms with Gasteiger partial charge < -0.3 is 15.4 Å². The van der Waals surface area contributed by atoms with E-state index in [2.05, 4.69) is 0 Å². The van der Waals surface area contributed by atoms with Crippen molar-refractivity contribution >= 4 is 23.6 Å². The summed E-state index contributed by atoms with van der Waals surface area (Å²) in [6.45, 7) is 1.00. The molecule has 0 spiro atoms. The van der Waals surface area contributed by atoms with Gasteiger partial charge in [-0.05, 0) is 48.7 Å². The second kappa shape index (κ2) is 8.22. The predicted octanol–water partition coefficient (Wildman–Crippen LogP) is 1.83. The van der Waals surface area contributed by atoms with E-state index >= 15 is 0 Å². The Kier molecular flexibility index (Phi) is 5.46. The first-order chi connectivity index (χ1) is 14.9. The Morgan fingerprint density at radius 2 is 1.65 bits per heavy atom. The van der Waals surface area contributed by atoms with Gasteiger partial charge in [-0.2, -0.15) is 0 Å². The molecule has 8 nitrogen and oxygen atoms in total. The number of ether oxygens (including phenoxy) is 1. The van der Waals surface area contributed by atoms with E-state index in [1.54, 1.807) is 42.3 Å². The number of methoxy groups -OCH3 is 1. The number of benzene rings is 2. The molecule has 2 aliphatic heterocycles. The Labute approximate surface area is 179 Å². The summed E-state index contributed by atoms with van der Waals surface area (Å²) in [7, 11) is 1.57. The number of imide groups is 1. The monoisotopic (exact) mass is 421 g/mol. The molecule has 1 fully saturated rings. The number of carbonyl (C=O) groups is 4. The number of nitrogens with zero attached hydrogens (tertiary/aromatic N) is 2. The summed E-state index contributed by atoms with van der Waals surface area (Å²) in [6, 6.07) is 11.7. The zero-order valence-electron chi connectivity index (χ0n) is 17.2. The van der Waals surface area contributed by atoms with Crippen molar-refractivity contribution in [2.75, 3.05) is 20.2 Å². The number of carbonyl (C=O) groups excluding carboxylic acids is 4. The van der Waals surface area contributed by atoms with Gasteiger partial charge in [-0.3, -0.25) is 24.1 Å². The number of hydrogen-bond donors (Lipinski definition) is 1. The molecule has 1 saturated heterocycles. The molecule has 8 heteroatoms. The first-order valence-electron chi connectivity index (χ1n) is 10.1. The topological polar surface area (TPSA) is 110 Å². The lowest BCUT2D eigenvalue weighted by atomic mass is 9.95. The number of likely N-dealkylation sites (tertiary alicyclic amines) is 1. The zero-order chi connectivity index (χ0) is 22.1. The smallest absolute Gasteiger partial charge is 0.261 e. The van der Waals surface area contributed by atoms with Crippen LogP contribution < -0.4 is 10.5 Å². The summed E-state index contributed by atoms with van der Waals surface area (Å²) in [5.41, 5.74) is 7.02. The lowest BCUT2D eigenvalue weighted by Crippen LogP contribution is -2.41. The molecule has 2 N–H and O–H groups in total. The number of amides is 4. The number of nitrogens with two attached hydrogens (primary N) is 1. The second-order valence-electron chi connectivity index (χ2n) is 7.77. The van der Waals surface area contributed by atoms with Crippen LogP contribution in [-0.2, 0) is 11.3 Å². The SMILES string of the molecule is COc1ccc(CN2C(=O)c3ccc(C(=O)N4CCC(C(N)=O)CC4)cc3C2=O)cc1. The van der Waals surface area contributed by atoms with Crippen LogP contribution in [0.1, 0.15) is 49.5 Å². The average molecular weight is 421 g/mol. The molecule has 2 aromatic carbocycles. The molecule has 0 unspecified atom stereocenters. The Hall–Kier alpha value is -3.68. The minimum Gasteiger partial charge on any atom is -0.497 e. The van der Waals surface area contributed by atoms with Crippen LogP contribution in [0.25, 0.3) is 0 Å². The lowest BCUT2D eigenvalue weighted by molar-refractivity contribution is -0.123. The highest BCUT2D eigenvalue weighted by molar-refractivity contribution is 6.22. The highest BCUT2D eigenvalue weighted by Crippen LogP contribution is 2.27. The van der Waals surface area contributed by atoms with Crippen molar-refractivity contribution in [1.82, 2.24) is 9.80 Å². The van der Waals surface area contributed by atoms with Gasteiger partial charge in [0, 0.05) is 24.6 Å². The summed E-state index contributed by atoms with van der Waals surface area (Å²) in [5, 5.41) is 0. The van der Waals surface area contributed by atoms with Crippen LogP contribution in [0.3, 0.4) is 0 Å². The van der Waals surface area contributed by atoms with E-state index in [-0.39, 0.29) is 35.7 Å². The highest BCUT2D eigenvalue weighted by Gasteiger charge is 2.36. The van der Waals surface area contributed by atoms with E-state index < -0.39 is 5.91 Å². The first-order valence-corrected chi connectivity index (χ1v) is 10.1. The molecule has 0 radical (unpaired) electrons. The van der Waals surface area contributed by atoms with Gasteiger partial charge in [0.05, 0.1) is 24.8 Å². The third-order valence-corrected chi connectivity index (χ3v) is 5.90. The molecule has 2 aromatic rings. The molecule has 0 saturated carbocycles. The number of fused-ring (bicyclic) bond motifs is 1. The maximum Gasteiger partial charge on any atom is 0.261 e. The largest absolute Gasteiger partial charge is 0.497 e. The Balaban J connectivity index is 1.49. The normalized spacial score (nSPS) is 16.4. The van der Waals surface area contributed by atoms with E-state index in [0.717, 1.165) is 5.56 Å². The fourth-order valence-electron chi connectivity index (χ4n) is 4.03. The van der Waals surface area contributed by atoms with Crippen LogP contribution in [0, 0.1) is 5.92 Å². The molecule has 4 amide bonds. The van der Waals surface area contributed by atoms with Crippen LogP contribution in [0.15, 0.2) is 42.5 Å². The predicted molar refractivity (Wildman–Crippen MR) is 111 cm³/mol. The van der Waals surface area contributed by atoms with Crippen molar-refractivity contribution in [3.05, 3.63) is 64.7 Å². The lowest BCUT2D eigenvalue weighted by Gasteiger charge is -2.30. The Bertz CT molecular complexity index is 1060. The molecular formula is C23H23N3O5. The maximum absolute atomic E-state index is 12.9. The van der Waals surface area contributed by atoms with Crippen molar-refractivity contribution < 1.29 is 23.9 Å². The number of rotatable bonds is 5. The van der Waals surface area contributed by atoms with Gasteiger partial charge in [0.25, 0.3) is 17.7 Å². The number of primary amides is 1. The standard InChI is InChI=1S/C23H23N3O5/c1-31-17-5-2-14(3-6-17)13-26-22(29)18-7-4-16(12-19(18)23(26)30)21(28)25-10-8-15(9-11-25)20(24)27/h2-7,12,15H,8-11,13H2,1H3,(H2,24,27). The average Bonchev–Trinajstić information content (AvgIpc) is 3.03. The minimum atomic E-state index is -0.419. The number of hydrogen-bond acceptors (Lipinski definition) is 5. The molecule has 0 aliphatic carbocycles. The fraction of sp³-hybridized carbons (Fsp3) is 0.304. The number of piperidine rings is 1. The molecule has 0 aromatic heterocycles. The molecular weight excluding hydrogens is 398 g/mol. The van der Waals surface area contributed by atoms with Crippen molar-refractivity contribution in [3.63, 3.8) is 0 Å². The van der Waals surface area contributed by atoms with E-state index in [1.807, 2.05) is 0 Å². The Morgan fingerprint density at radius 1 is 1.00 bits per heavy atom. The highest BCUT2D eigenvalue weighted by atomic mass is 16.5. The summed E-state index contributed by atoms with van der Waals surface area (Å²) >= 11 is 0. The van der Waals surface area contributed by atoms with Crippen molar-refractivity contribution in [3.8, 4) is 5.75 Å². The maximum atomic E-state index is 12.9. The third-order valence-electron chi connectivity index (χ3n) is 5.90. The van der Waals surface area contributed by atoms with Crippen LogP contribution in [-0.4, -0.2) is 53.6 Å². The summed E-state index contributed by atoms with van der Waals surface area (Å²) in [4.78, 5) is 52.7. The molecule has 4 rings (SSSR count). The van der Waals surface area contributed by atoms with Crippen molar-refractivity contribution in [2.24, 2.45) is 11.7 Å². The van der Waals surface area contributed by atoms with E-state index in [0.29, 0.717) is 42.8 Å². The summed E-state index contributed by atoms with van der Waals surface area (Å²) in [5.74, 6) is -0.885. The van der Waals surface area contributed by atoms with Gasteiger partial charge in [-0.1, -0.05) is 12.1 Å². The van der Waals surface area contributed by atoms with Crippen LogP contribution >= 0.6 is 0 Å². The van der Waals surface area contributed by atoms with Crippen molar-refractivity contribution in [1.29, 1.82) is 0 Å². The second-order valence-corrected chi connectivity index (χ2v) is 7.77. The third kappa shape index (κ3) is 3.88. The van der Waals surface area contributed by atoms with Gasteiger partial charge in [0.2, 0.25) is 5.91 Å². The van der Waals surface area contributed by atoms with Gasteiger partial charge in [0.15, 0.2) is 0 Å². The quantitative estimate of drug-likeness (QED) is 0.741. The first kappa shape index (κ1) is 20.6. The molecule has 160 valence electrons. The summed E-state index contributed by atoms with van der Waals surface area (Å²) < 4.78 is 5.13. The van der Waals surface area contributed by atoms with Gasteiger partial charge in [-0.25, -0.2) is 0 Å². The van der Waals surface area contributed by atoms with Crippen LogP contribution in [0.5, 0.6) is 5.75 Å². The van der Waals surface area contributed by atoms with Crippen LogP contribution in [0.4, 0.5) is 0 Å². The zero-order valence-corrected chi connectivity index (χ0v) is 17.2. The van der Waals surface area contributed by atoms with E-state index in [4.69, 9.17) is 10.5 Å². The van der Waals surface area contributed by atoms with Gasteiger partial charge >= 0.3 is 0 Å². The van der Waals surface area contributed by atoms with Crippen molar-refractivity contribution in [2.45, 2.75) is 19.4 Å².